The van der Waals surface area contributed by atoms with E-state index in [9.17, 15) is 0 Å². The Kier molecular flexibility index (Phi) is 6.13. The third-order valence-electron chi connectivity index (χ3n) is 12.1. The van der Waals surface area contributed by atoms with Crippen LogP contribution in [-0.2, 0) is 0 Å². The quantitative estimate of drug-likeness (QED) is 0.182. The van der Waals surface area contributed by atoms with Gasteiger partial charge in [-0.05, 0) is 99.4 Å². The number of fused-ring (bicyclic) bond motifs is 13. The molecule has 0 aliphatic carbocycles. The molecule has 0 radical (unpaired) electrons. The second-order valence-corrected chi connectivity index (χ2v) is 15.1. The molecule has 9 aromatic carbocycles. The molecule has 4 nitrogen and oxygen atoms in total. The van der Waals surface area contributed by atoms with Gasteiger partial charge in [-0.25, -0.2) is 4.98 Å². The summed E-state index contributed by atoms with van der Waals surface area (Å²) in [4.78, 5) is 5.17. The van der Waals surface area contributed by atoms with Gasteiger partial charge in [-0.3, -0.25) is 0 Å². The number of para-hydroxylation sites is 3. The first kappa shape index (κ1) is 30.6. The number of pyridine rings is 1. The molecule has 0 spiro atoms. The molecule has 13 aromatic rings. The summed E-state index contributed by atoms with van der Waals surface area (Å²) in [6.45, 7) is 0. The Bertz CT molecular complexity index is 3820. The summed E-state index contributed by atoms with van der Waals surface area (Å²) in [5, 5.41) is 11.9. The molecule has 0 amide bonds. The predicted molar refractivity (Wildman–Crippen MR) is 238 cm³/mol. The van der Waals surface area contributed by atoms with Gasteiger partial charge in [0.2, 0.25) is 0 Å². The molecule has 13 rings (SSSR count). The smallest absolute Gasteiger partial charge is 0.178 e. The fraction of sp³-hybridized carbons (Fsp3) is 0. The van der Waals surface area contributed by atoms with E-state index in [4.69, 9.17) is 9.40 Å². The Balaban J connectivity index is 1.09. The first-order valence-electron chi connectivity index (χ1n) is 19.5. The van der Waals surface area contributed by atoms with Gasteiger partial charge in [-0.1, -0.05) is 121 Å². The molecule has 4 heteroatoms. The van der Waals surface area contributed by atoms with Crippen LogP contribution in [0.5, 0.6) is 0 Å². The van der Waals surface area contributed by atoms with Crippen LogP contribution in [-0.4, -0.2) is 14.1 Å². The van der Waals surface area contributed by atoms with Crippen LogP contribution in [0, 0.1) is 0 Å². The molecule has 0 aliphatic rings. The van der Waals surface area contributed by atoms with E-state index >= 15 is 0 Å². The summed E-state index contributed by atoms with van der Waals surface area (Å²) >= 11 is 0. The van der Waals surface area contributed by atoms with E-state index in [-0.39, 0.29) is 0 Å². The van der Waals surface area contributed by atoms with Crippen molar-refractivity contribution >= 4 is 98.1 Å². The monoisotopic (exact) mass is 725 g/mol. The zero-order valence-electron chi connectivity index (χ0n) is 30.6. The lowest BCUT2D eigenvalue weighted by atomic mass is 9.99. The van der Waals surface area contributed by atoms with Crippen molar-refractivity contribution < 1.29 is 4.42 Å². The molecule has 0 fully saturated rings. The number of rotatable bonds is 3. The minimum absolute atomic E-state index is 0.791. The summed E-state index contributed by atoms with van der Waals surface area (Å²) in [6.07, 6.45) is 0. The van der Waals surface area contributed by atoms with Crippen LogP contribution in [0.1, 0.15) is 0 Å². The average molecular weight is 726 g/mol. The molecule has 0 bridgehead atoms. The van der Waals surface area contributed by atoms with Gasteiger partial charge in [0.25, 0.3) is 0 Å². The molecular weight excluding hydrogens is 695 g/mol. The minimum Gasteiger partial charge on any atom is -0.452 e. The molecule has 4 aromatic heterocycles. The number of nitrogens with zero attached hydrogens (tertiary/aromatic N) is 3. The zero-order chi connectivity index (χ0) is 37.2. The predicted octanol–water partition coefficient (Wildman–Crippen LogP) is 14.3. The number of hydrogen-bond acceptors (Lipinski definition) is 2. The minimum atomic E-state index is 0.791. The van der Waals surface area contributed by atoms with Crippen LogP contribution >= 0.6 is 0 Å². The molecule has 0 N–H and O–H groups in total. The van der Waals surface area contributed by atoms with Crippen molar-refractivity contribution in [1.82, 2.24) is 14.1 Å². The highest BCUT2D eigenvalue weighted by atomic mass is 16.3. The number of benzene rings is 9. The second-order valence-electron chi connectivity index (χ2n) is 15.1. The normalized spacial score (nSPS) is 12.2. The van der Waals surface area contributed by atoms with E-state index < -0.39 is 0 Å². The van der Waals surface area contributed by atoms with E-state index in [0.717, 1.165) is 55.4 Å². The molecule has 264 valence electrons. The summed E-state index contributed by atoms with van der Waals surface area (Å²) < 4.78 is 11.6. The third-order valence-corrected chi connectivity index (χ3v) is 12.1. The first-order valence-corrected chi connectivity index (χ1v) is 19.5. The highest BCUT2D eigenvalue weighted by Gasteiger charge is 2.23. The molecule has 0 aliphatic heterocycles. The van der Waals surface area contributed by atoms with Crippen molar-refractivity contribution in [2.75, 3.05) is 0 Å². The highest BCUT2D eigenvalue weighted by Crippen LogP contribution is 2.44. The van der Waals surface area contributed by atoms with Crippen molar-refractivity contribution in [3.8, 4) is 22.5 Å². The Hall–Kier alpha value is -7.69. The van der Waals surface area contributed by atoms with Crippen molar-refractivity contribution in [3.63, 3.8) is 0 Å². The lowest BCUT2D eigenvalue weighted by molar-refractivity contribution is 0.666. The second kappa shape index (κ2) is 11.4. The fourth-order valence-electron chi connectivity index (χ4n) is 9.50. The summed E-state index contributed by atoms with van der Waals surface area (Å²) in [5.41, 5.74) is 12.6. The van der Waals surface area contributed by atoms with Gasteiger partial charge in [0, 0.05) is 38.0 Å². The molecule has 0 unspecified atom stereocenters. The fourth-order valence-corrected chi connectivity index (χ4v) is 9.50. The lowest BCUT2D eigenvalue weighted by Gasteiger charge is -2.12. The summed E-state index contributed by atoms with van der Waals surface area (Å²) in [6, 6.07) is 67.9. The van der Waals surface area contributed by atoms with Crippen LogP contribution in [0.2, 0.25) is 0 Å². The number of hydrogen-bond donors (Lipinski definition) is 0. The van der Waals surface area contributed by atoms with Gasteiger partial charge >= 0.3 is 0 Å². The van der Waals surface area contributed by atoms with Crippen LogP contribution in [0.3, 0.4) is 0 Å². The van der Waals surface area contributed by atoms with Crippen LogP contribution in [0.15, 0.2) is 192 Å². The van der Waals surface area contributed by atoms with Crippen molar-refractivity contribution in [1.29, 1.82) is 0 Å². The Labute approximate surface area is 326 Å². The number of furan rings is 1. The Morgan fingerprint density at radius 3 is 1.86 bits per heavy atom. The van der Waals surface area contributed by atoms with E-state index in [1.807, 2.05) is 12.1 Å². The zero-order valence-corrected chi connectivity index (χ0v) is 30.6. The maximum atomic E-state index is 6.74. The van der Waals surface area contributed by atoms with E-state index in [1.165, 1.54) is 65.3 Å². The Morgan fingerprint density at radius 2 is 1.00 bits per heavy atom. The third kappa shape index (κ3) is 4.30. The largest absolute Gasteiger partial charge is 0.452 e. The molecule has 4 heterocycles. The van der Waals surface area contributed by atoms with Crippen molar-refractivity contribution in [3.05, 3.63) is 188 Å². The molecule has 0 atom stereocenters. The Morgan fingerprint density at radius 1 is 0.386 bits per heavy atom. The maximum absolute atomic E-state index is 6.74. The van der Waals surface area contributed by atoms with Crippen LogP contribution in [0.25, 0.3) is 121 Å². The van der Waals surface area contributed by atoms with Gasteiger partial charge in [0.1, 0.15) is 16.8 Å². The van der Waals surface area contributed by atoms with Gasteiger partial charge in [-0.2, -0.15) is 0 Å². The van der Waals surface area contributed by atoms with Crippen LogP contribution in [0.4, 0.5) is 0 Å². The molecule has 0 saturated carbocycles. The van der Waals surface area contributed by atoms with E-state index in [2.05, 4.69) is 185 Å². The van der Waals surface area contributed by atoms with E-state index in [1.54, 1.807) is 0 Å². The standard InChI is InChI=1S/C53H31N3O/c1-2-13-34-29-37(25-21-32(34)11-1)55-45-19-9-6-15-39(45)42-30-35(23-26-46(42)55)36-24-27-47-43(31-36)50-38-14-4-3-12-33(38)22-28-48(50)56(47)52-40-16-5-8-18-44(40)54-51-41-17-7-10-20-49(41)57-53(51)52/h1-31H. The van der Waals surface area contributed by atoms with Crippen molar-refractivity contribution in [2.24, 2.45) is 0 Å². The number of aromatic nitrogens is 3. The van der Waals surface area contributed by atoms with Gasteiger partial charge in [-0.15, -0.1) is 0 Å². The molecule has 57 heavy (non-hydrogen) atoms. The van der Waals surface area contributed by atoms with Gasteiger partial charge in [0.15, 0.2) is 5.58 Å². The van der Waals surface area contributed by atoms with Crippen molar-refractivity contribution in [2.45, 2.75) is 0 Å². The first-order chi connectivity index (χ1) is 28.3. The maximum Gasteiger partial charge on any atom is 0.178 e. The lowest BCUT2D eigenvalue weighted by Crippen LogP contribution is -1.98. The van der Waals surface area contributed by atoms with E-state index in [0.29, 0.717) is 0 Å². The summed E-state index contributed by atoms with van der Waals surface area (Å²) in [7, 11) is 0. The highest BCUT2D eigenvalue weighted by molar-refractivity contribution is 6.24. The average Bonchev–Trinajstić information content (AvgIpc) is 3.92. The van der Waals surface area contributed by atoms with Gasteiger partial charge < -0.3 is 13.6 Å². The summed E-state index contributed by atoms with van der Waals surface area (Å²) in [5.74, 6) is 0. The molecule has 0 saturated heterocycles. The van der Waals surface area contributed by atoms with Gasteiger partial charge in [0.05, 0.1) is 27.6 Å². The molecular formula is C53H31N3O. The van der Waals surface area contributed by atoms with Crippen LogP contribution < -0.4 is 0 Å². The SMILES string of the molecule is c1ccc2cc(-n3c4ccccc4c4cc(-c5ccc6c(c5)c5c7ccccc7ccc5n6-c5c6ccccc6nc6c5oc5ccccc56)ccc43)ccc2c1. The topological polar surface area (TPSA) is 35.9 Å².